The molecule has 134 valence electrons. The van der Waals surface area contributed by atoms with E-state index in [1.165, 1.54) is 4.31 Å². The number of aliphatic hydroxyl groups excluding tert-OH is 1. The molecule has 24 heavy (non-hydrogen) atoms. The molecule has 1 fully saturated rings. The SMILES string of the molecule is CCC[SiH2]OC(=S)[C@@H]1CC[C@@H](O)CN1S(=O)(=O)c1ccc(C)cc1. The van der Waals surface area contributed by atoms with Gasteiger partial charge in [0.25, 0.3) is 0 Å². The molecule has 0 saturated carbocycles. The molecule has 1 saturated heterocycles. The third-order valence-corrected chi connectivity index (χ3v) is 8.15. The average Bonchev–Trinajstić information content (AvgIpc) is 2.55. The van der Waals surface area contributed by atoms with Crippen molar-refractivity contribution >= 4 is 37.1 Å². The maximum atomic E-state index is 13.0. The van der Waals surface area contributed by atoms with Crippen molar-refractivity contribution in [1.29, 1.82) is 0 Å². The molecule has 1 aliphatic rings. The molecule has 0 unspecified atom stereocenters. The summed E-state index contributed by atoms with van der Waals surface area (Å²) in [7, 11) is -4.47. The van der Waals surface area contributed by atoms with Gasteiger partial charge in [0, 0.05) is 6.54 Å². The molecule has 1 aromatic rings. The first-order valence-electron chi connectivity index (χ1n) is 8.29. The highest BCUT2D eigenvalue weighted by Gasteiger charge is 2.39. The molecular formula is C16H25NO4S2Si. The summed E-state index contributed by atoms with van der Waals surface area (Å²) in [4.78, 5) is 0.223. The highest BCUT2D eigenvalue weighted by molar-refractivity contribution is 7.89. The number of nitrogens with zero attached hydrogens (tertiary/aromatic N) is 1. The van der Waals surface area contributed by atoms with Gasteiger partial charge in [-0.3, -0.25) is 0 Å². The fourth-order valence-electron chi connectivity index (χ4n) is 2.68. The largest absolute Gasteiger partial charge is 0.544 e. The van der Waals surface area contributed by atoms with E-state index in [1.807, 2.05) is 6.92 Å². The van der Waals surface area contributed by atoms with E-state index in [1.54, 1.807) is 24.3 Å². The lowest BCUT2D eigenvalue weighted by atomic mass is 10.0. The van der Waals surface area contributed by atoms with E-state index >= 15 is 0 Å². The van der Waals surface area contributed by atoms with E-state index in [9.17, 15) is 13.5 Å². The van der Waals surface area contributed by atoms with Gasteiger partial charge in [-0.2, -0.15) is 4.31 Å². The van der Waals surface area contributed by atoms with Crippen LogP contribution in [-0.2, 0) is 14.4 Å². The summed E-state index contributed by atoms with van der Waals surface area (Å²) in [5.74, 6) is 0. The minimum absolute atomic E-state index is 0.0553. The second kappa shape index (κ2) is 8.53. The third-order valence-electron chi connectivity index (χ3n) is 4.15. The summed E-state index contributed by atoms with van der Waals surface area (Å²) < 4.78 is 33.0. The minimum atomic E-state index is -3.72. The van der Waals surface area contributed by atoms with Crippen molar-refractivity contribution in [3.05, 3.63) is 29.8 Å². The number of aliphatic hydroxyl groups is 1. The maximum Gasteiger partial charge on any atom is 0.243 e. The van der Waals surface area contributed by atoms with Crippen molar-refractivity contribution in [3.8, 4) is 0 Å². The molecule has 0 radical (unpaired) electrons. The summed E-state index contributed by atoms with van der Waals surface area (Å²) in [5, 5.41) is 10.3. The molecule has 5 nitrogen and oxygen atoms in total. The number of sulfonamides is 1. The second-order valence-electron chi connectivity index (χ2n) is 6.16. The van der Waals surface area contributed by atoms with E-state index < -0.39 is 31.9 Å². The Morgan fingerprint density at radius 1 is 1.38 bits per heavy atom. The molecule has 8 heteroatoms. The molecule has 0 amide bonds. The topological polar surface area (TPSA) is 66.8 Å². The first-order valence-corrected chi connectivity index (χ1v) is 11.7. The summed E-state index contributed by atoms with van der Waals surface area (Å²) in [5.41, 5.74) is 0.994. The quantitative estimate of drug-likeness (QED) is 0.458. The Balaban J connectivity index is 2.24. The lowest BCUT2D eigenvalue weighted by molar-refractivity contribution is 0.0939. The Bertz CT molecular complexity index is 663. The Morgan fingerprint density at radius 3 is 2.67 bits per heavy atom. The smallest absolute Gasteiger partial charge is 0.243 e. The number of hydrogen-bond donors (Lipinski definition) is 1. The van der Waals surface area contributed by atoms with E-state index in [0.29, 0.717) is 17.9 Å². The van der Waals surface area contributed by atoms with Gasteiger partial charge in [0.05, 0.1) is 17.0 Å². The summed E-state index contributed by atoms with van der Waals surface area (Å²) in [6.07, 6.45) is 1.40. The lowest BCUT2D eigenvalue weighted by Gasteiger charge is -2.37. The van der Waals surface area contributed by atoms with Crippen LogP contribution in [0.5, 0.6) is 0 Å². The number of rotatable bonds is 6. The Kier molecular flexibility index (Phi) is 6.94. The number of thiocarbonyl (C=S) groups is 1. The van der Waals surface area contributed by atoms with E-state index in [2.05, 4.69) is 6.92 Å². The van der Waals surface area contributed by atoms with Gasteiger partial charge in [0.15, 0.2) is 5.05 Å². The van der Waals surface area contributed by atoms with Crippen LogP contribution in [-0.4, -0.2) is 51.3 Å². The number of piperidine rings is 1. The first kappa shape index (κ1) is 19.5. The van der Waals surface area contributed by atoms with E-state index in [4.69, 9.17) is 16.6 Å². The van der Waals surface area contributed by atoms with Crippen molar-refractivity contribution in [1.82, 2.24) is 4.31 Å². The van der Waals surface area contributed by atoms with Gasteiger partial charge in [-0.1, -0.05) is 31.0 Å². The Hall–Kier alpha value is -0.803. The van der Waals surface area contributed by atoms with Crippen LogP contribution in [0.25, 0.3) is 0 Å². The lowest BCUT2D eigenvalue weighted by Crippen LogP contribution is -2.52. The standard InChI is InChI=1S/C16H25NO4S2Si/c1-3-10-24-21-16(22)15-9-6-13(18)11-17(15)23(19,20)14-7-4-12(2)5-8-14/h4-5,7-8,13,15,18H,3,6,9-11,24H2,1-2H3/t13-,15+/m1/s1. The monoisotopic (exact) mass is 387 g/mol. The average molecular weight is 388 g/mol. The fraction of sp³-hybridized carbons (Fsp3) is 0.562. The normalized spacial score (nSPS) is 22.8. The summed E-state index contributed by atoms with van der Waals surface area (Å²) in [6.45, 7) is 4.05. The zero-order chi connectivity index (χ0) is 17.7. The summed E-state index contributed by atoms with van der Waals surface area (Å²) in [6, 6.07) is 7.27. The molecule has 0 aliphatic carbocycles. The number of β-amino-alcohol motifs (C(OH)–C–C–N with tert-alkyl or cyclic N) is 1. The van der Waals surface area contributed by atoms with Gasteiger partial charge >= 0.3 is 0 Å². The van der Waals surface area contributed by atoms with Crippen LogP contribution in [0.2, 0.25) is 6.04 Å². The predicted molar refractivity (Wildman–Crippen MR) is 101 cm³/mol. The van der Waals surface area contributed by atoms with Crippen LogP contribution >= 0.6 is 12.2 Å². The minimum Gasteiger partial charge on any atom is -0.544 e. The number of aryl methyl sites for hydroxylation is 1. The highest BCUT2D eigenvalue weighted by atomic mass is 32.2. The molecule has 1 aromatic carbocycles. The molecule has 1 aliphatic heterocycles. The maximum absolute atomic E-state index is 13.0. The highest BCUT2D eigenvalue weighted by Crippen LogP contribution is 2.27. The van der Waals surface area contributed by atoms with Gasteiger partial charge in [-0.15, -0.1) is 0 Å². The van der Waals surface area contributed by atoms with Crippen LogP contribution in [0.15, 0.2) is 29.2 Å². The molecule has 0 spiro atoms. The number of hydrogen-bond acceptors (Lipinski definition) is 5. The van der Waals surface area contributed by atoms with Gasteiger partial charge in [0.2, 0.25) is 19.8 Å². The van der Waals surface area contributed by atoms with Gasteiger partial charge in [-0.05, 0) is 50.2 Å². The van der Waals surface area contributed by atoms with Gasteiger partial charge in [-0.25, -0.2) is 8.42 Å². The fourth-order valence-corrected chi connectivity index (χ4v) is 5.72. The molecule has 2 rings (SSSR count). The van der Waals surface area contributed by atoms with Crippen molar-refractivity contribution in [3.63, 3.8) is 0 Å². The van der Waals surface area contributed by atoms with E-state index in [-0.39, 0.29) is 11.4 Å². The summed E-state index contributed by atoms with van der Waals surface area (Å²) >= 11 is 5.37. The van der Waals surface area contributed by atoms with Gasteiger partial charge < -0.3 is 9.53 Å². The van der Waals surface area contributed by atoms with Crippen LogP contribution in [0.3, 0.4) is 0 Å². The van der Waals surface area contributed by atoms with Crippen LogP contribution in [0.1, 0.15) is 31.7 Å². The van der Waals surface area contributed by atoms with Crippen molar-refractivity contribution < 1.29 is 18.0 Å². The Morgan fingerprint density at radius 2 is 2.04 bits per heavy atom. The van der Waals surface area contributed by atoms with E-state index in [0.717, 1.165) is 18.0 Å². The van der Waals surface area contributed by atoms with Crippen LogP contribution in [0, 0.1) is 6.92 Å². The third kappa shape index (κ3) is 4.63. The first-order chi connectivity index (χ1) is 11.4. The molecular weight excluding hydrogens is 362 g/mol. The molecule has 1 heterocycles. The second-order valence-corrected chi connectivity index (χ2v) is 9.85. The predicted octanol–water partition coefficient (Wildman–Crippen LogP) is 1.77. The van der Waals surface area contributed by atoms with Crippen molar-refractivity contribution in [2.75, 3.05) is 6.54 Å². The zero-order valence-corrected chi connectivity index (χ0v) is 17.2. The Labute approximate surface area is 152 Å². The number of benzene rings is 1. The molecule has 0 bridgehead atoms. The van der Waals surface area contributed by atoms with Crippen molar-refractivity contribution in [2.24, 2.45) is 0 Å². The zero-order valence-electron chi connectivity index (χ0n) is 14.1. The molecule has 0 aromatic heterocycles. The molecule has 1 N–H and O–H groups in total. The van der Waals surface area contributed by atoms with Crippen LogP contribution < -0.4 is 0 Å². The van der Waals surface area contributed by atoms with Crippen LogP contribution in [0.4, 0.5) is 0 Å². The van der Waals surface area contributed by atoms with Gasteiger partial charge in [0.1, 0.15) is 0 Å². The van der Waals surface area contributed by atoms with Crippen molar-refractivity contribution in [2.45, 2.75) is 56.2 Å². The molecule has 2 atom stereocenters.